The molecule has 1 N–H and O–H groups in total. The molecule has 0 aromatic carbocycles. The summed E-state index contributed by atoms with van der Waals surface area (Å²) >= 11 is 1.52. The van der Waals surface area contributed by atoms with Crippen LogP contribution in [0.2, 0.25) is 0 Å². The molecule has 0 aliphatic rings. The van der Waals surface area contributed by atoms with Crippen molar-refractivity contribution < 1.29 is 4.79 Å². The van der Waals surface area contributed by atoms with Gasteiger partial charge in [-0.15, -0.1) is 10.2 Å². The molecule has 1 heterocycles. The number of carbonyl (C=O) groups is 1. The molecule has 102 valence electrons. The van der Waals surface area contributed by atoms with E-state index in [9.17, 15) is 4.79 Å². The Bertz CT molecular complexity index is 379. The molecule has 1 aromatic heterocycles. The van der Waals surface area contributed by atoms with Gasteiger partial charge in [0, 0.05) is 21.1 Å². The Labute approximate surface area is 112 Å². The molecule has 0 fully saturated rings. The molecule has 0 radical (unpaired) electrons. The summed E-state index contributed by atoms with van der Waals surface area (Å²) in [5.74, 6) is 0.113. The van der Waals surface area contributed by atoms with Gasteiger partial charge in [-0.1, -0.05) is 18.3 Å². The predicted octanol–water partition coefficient (Wildman–Crippen LogP) is 0.880. The first-order chi connectivity index (χ1) is 8.56. The summed E-state index contributed by atoms with van der Waals surface area (Å²) in [6, 6.07) is 0. The molecule has 1 aromatic rings. The van der Waals surface area contributed by atoms with Crippen LogP contribution in [0.25, 0.3) is 0 Å². The van der Waals surface area contributed by atoms with E-state index in [1.165, 1.54) is 11.3 Å². The van der Waals surface area contributed by atoms with Crippen molar-refractivity contribution in [3.8, 4) is 0 Å². The largest absolute Gasteiger partial charge is 0.363 e. The van der Waals surface area contributed by atoms with E-state index in [-0.39, 0.29) is 5.91 Å². The SMILES string of the molecule is CCCN(CC(=O)N(C)C)Cc1nnc(NC)s1. The average molecular weight is 271 g/mol. The summed E-state index contributed by atoms with van der Waals surface area (Å²) in [7, 11) is 5.37. The van der Waals surface area contributed by atoms with Gasteiger partial charge in [0.2, 0.25) is 11.0 Å². The minimum Gasteiger partial charge on any atom is -0.363 e. The van der Waals surface area contributed by atoms with Crippen LogP contribution in [-0.2, 0) is 11.3 Å². The molecule has 6 nitrogen and oxygen atoms in total. The summed E-state index contributed by atoms with van der Waals surface area (Å²) in [6.07, 6.45) is 1.01. The van der Waals surface area contributed by atoms with Crippen LogP contribution in [0.3, 0.4) is 0 Å². The number of anilines is 1. The van der Waals surface area contributed by atoms with Crippen LogP contribution in [0.5, 0.6) is 0 Å². The first-order valence-corrected chi connectivity index (χ1v) is 6.81. The molecule has 0 spiro atoms. The molecule has 0 bridgehead atoms. The van der Waals surface area contributed by atoms with Gasteiger partial charge in [-0.3, -0.25) is 9.69 Å². The Morgan fingerprint density at radius 3 is 2.61 bits per heavy atom. The molecule has 0 unspecified atom stereocenters. The van der Waals surface area contributed by atoms with E-state index >= 15 is 0 Å². The number of carbonyl (C=O) groups excluding carboxylic acids is 1. The molecule has 1 amide bonds. The standard InChI is InChI=1S/C11H21N5OS/c1-5-6-16(8-10(17)15(3)4)7-9-13-14-11(12-2)18-9/h5-8H2,1-4H3,(H,12,14). The number of aromatic nitrogens is 2. The van der Waals surface area contributed by atoms with Crippen molar-refractivity contribution in [1.29, 1.82) is 0 Å². The van der Waals surface area contributed by atoms with E-state index in [2.05, 4.69) is 27.3 Å². The maximum absolute atomic E-state index is 11.7. The molecule has 0 atom stereocenters. The first kappa shape index (κ1) is 14.8. The van der Waals surface area contributed by atoms with Crippen LogP contribution >= 0.6 is 11.3 Å². The van der Waals surface area contributed by atoms with Crippen LogP contribution < -0.4 is 5.32 Å². The van der Waals surface area contributed by atoms with E-state index in [1.807, 2.05) is 7.05 Å². The van der Waals surface area contributed by atoms with Gasteiger partial charge in [-0.25, -0.2) is 0 Å². The van der Waals surface area contributed by atoms with Gasteiger partial charge in [-0.05, 0) is 13.0 Å². The highest BCUT2D eigenvalue weighted by Gasteiger charge is 2.14. The van der Waals surface area contributed by atoms with Gasteiger partial charge < -0.3 is 10.2 Å². The third-order valence-corrected chi connectivity index (χ3v) is 3.36. The normalized spacial score (nSPS) is 10.7. The molecule has 18 heavy (non-hydrogen) atoms. The second kappa shape index (κ2) is 7.27. The van der Waals surface area contributed by atoms with Crippen molar-refractivity contribution in [2.24, 2.45) is 0 Å². The van der Waals surface area contributed by atoms with Crippen molar-refractivity contribution >= 4 is 22.4 Å². The van der Waals surface area contributed by atoms with E-state index in [0.717, 1.165) is 23.1 Å². The zero-order chi connectivity index (χ0) is 13.5. The van der Waals surface area contributed by atoms with Gasteiger partial charge in [0.05, 0.1) is 13.1 Å². The Balaban J connectivity index is 2.59. The van der Waals surface area contributed by atoms with Crippen molar-refractivity contribution in [3.05, 3.63) is 5.01 Å². The number of nitrogens with zero attached hydrogens (tertiary/aromatic N) is 4. The van der Waals surface area contributed by atoms with Crippen molar-refractivity contribution in [3.63, 3.8) is 0 Å². The predicted molar refractivity (Wildman–Crippen MR) is 73.7 cm³/mol. The Hall–Kier alpha value is -1.21. The van der Waals surface area contributed by atoms with Crippen molar-refractivity contribution in [2.75, 3.05) is 39.5 Å². The Morgan fingerprint density at radius 1 is 1.39 bits per heavy atom. The number of rotatable bonds is 7. The highest BCUT2D eigenvalue weighted by molar-refractivity contribution is 7.15. The second-order valence-electron chi connectivity index (χ2n) is 4.25. The van der Waals surface area contributed by atoms with E-state index in [0.29, 0.717) is 13.1 Å². The fourth-order valence-corrected chi connectivity index (χ4v) is 2.21. The molecule has 7 heteroatoms. The molecule has 1 rings (SSSR count). The Kier molecular flexibility index (Phi) is 6.00. The Morgan fingerprint density at radius 2 is 2.11 bits per heavy atom. The summed E-state index contributed by atoms with van der Waals surface area (Å²) in [6.45, 7) is 4.09. The number of hydrogen-bond acceptors (Lipinski definition) is 6. The lowest BCUT2D eigenvalue weighted by Crippen LogP contribution is -2.36. The van der Waals surface area contributed by atoms with E-state index in [1.54, 1.807) is 19.0 Å². The smallest absolute Gasteiger partial charge is 0.236 e. The lowest BCUT2D eigenvalue weighted by molar-refractivity contribution is -0.130. The van der Waals surface area contributed by atoms with E-state index in [4.69, 9.17) is 0 Å². The molecule has 0 saturated heterocycles. The highest BCUT2D eigenvalue weighted by atomic mass is 32.1. The fraction of sp³-hybridized carbons (Fsp3) is 0.727. The molecule has 0 aliphatic carbocycles. The van der Waals surface area contributed by atoms with Crippen LogP contribution in [0.15, 0.2) is 0 Å². The van der Waals surface area contributed by atoms with Crippen LogP contribution in [0, 0.1) is 0 Å². The van der Waals surface area contributed by atoms with Crippen LogP contribution in [0.1, 0.15) is 18.4 Å². The lowest BCUT2D eigenvalue weighted by Gasteiger charge is -2.21. The second-order valence-corrected chi connectivity index (χ2v) is 5.31. The quantitative estimate of drug-likeness (QED) is 0.797. The summed E-state index contributed by atoms with van der Waals surface area (Å²) in [5, 5.41) is 12.8. The van der Waals surface area contributed by atoms with Gasteiger partial charge >= 0.3 is 0 Å². The summed E-state index contributed by atoms with van der Waals surface area (Å²) in [5.41, 5.74) is 0. The zero-order valence-corrected chi connectivity index (χ0v) is 12.3. The lowest BCUT2D eigenvalue weighted by atomic mass is 10.3. The minimum absolute atomic E-state index is 0.113. The van der Waals surface area contributed by atoms with Crippen LogP contribution in [0.4, 0.5) is 5.13 Å². The van der Waals surface area contributed by atoms with Crippen LogP contribution in [-0.4, -0.2) is 60.1 Å². The van der Waals surface area contributed by atoms with E-state index < -0.39 is 0 Å². The van der Waals surface area contributed by atoms with Crippen molar-refractivity contribution in [1.82, 2.24) is 20.0 Å². The molecular weight excluding hydrogens is 250 g/mol. The topological polar surface area (TPSA) is 61.4 Å². The number of hydrogen-bond donors (Lipinski definition) is 1. The molecule has 0 saturated carbocycles. The van der Waals surface area contributed by atoms with Gasteiger partial charge in [0.1, 0.15) is 5.01 Å². The fourth-order valence-electron chi connectivity index (χ4n) is 1.47. The number of amides is 1. The maximum Gasteiger partial charge on any atom is 0.236 e. The van der Waals surface area contributed by atoms with Crippen molar-refractivity contribution in [2.45, 2.75) is 19.9 Å². The first-order valence-electron chi connectivity index (χ1n) is 5.99. The molecule has 0 aliphatic heterocycles. The van der Waals surface area contributed by atoms with Gasteiger partial charge in [0.25, 0.3) is 0 Å². The third-order valence-electron chi connectivity index (χ3n) is 2.44. The third kappa shape index (κ3) is 4.58. The van der Waals surface area contributed by atoms with Gasteiger partial charge in [-0.2, -0.15) is 0 Å². The summed E-state index contributed by atoms with van der Waals surface area (Å²) < 4.78 is 0. The van der Waals surface area contributed by atoms with Gasteiger partial charge in [0.15, 0.2) is 0 Å². The number of nitrogens with one attached hydrogen (secondary N) is 1. The zero-order valence-electron chi connectivity index (χ0n) is 11.4. The average Bonchev–Trinajstić information content (AvgIpc) is 2.76. The number of likely N-dealkylation sites (N-methyl/N-ethyl adjacent to an activating group) is 1. The summed E-state index contributed by atoms with van der Waals surface area (Å²) in [4.78, 5) is 15.4. The highest BCUT2D eigenvalue weighted by Crippen LogP contribution is 2.16. The maximum atomic E-state index is 11.7. The minimum atomic E-state index is 0.113. The molecular formula is C11H21N5OS. The monoisotopic (exact) mass is 271 g/mol.